The molecule has 2 unspecified atom stereocenters. The standard InChI is InChI=1S/C29H27ClN4O2/c1-19(23-9-8-21-4-2-3-5-24(21)16-23)31-34-29(35)28-17-27(32-33-28)22-10-14-26(15-11-22)36-18-20-6-12-25(30)13-7-20/h2-16,27-28,32-33H,17-18H2,1H3,(H,34,35)/b31-19+. The molecular weight excluding hydrogens is 472 g/mol. The van der Waals surface area contributed by atoms with Crippen LogP contribution >= 0.6 is 11.6 Å². The SMILES string of the molecule is C/C(=N\NC(=O)C1CC(c2ccc(OCc3ccc(Cl)cc3)cc2)NN1)c1ccc2ccccc2c1. The average molecular weight is 499 g/mol. The van der Waals surface area contributed by atoms with Gasteiger partial charge in [0.2, 0.25) is 0 Å². The highest BCUT2D eigenvalue weighted by Crippen LogP contribution is 2.25. The molecular formula is C29H27ClN4O2. The molecule has 2 atom stereocenters. The second-order valence-electron chi connectivity index (χ2n) is 8.85. The number of hydrogen-bond donors (Lipinski definition) is 3. The Bertz CT molecular complexity index is 1390. The third-order valence-electron chi connectivity index (χ3n) is 6.32. The number of ether oxygens (including phenoxy) is 1. The number of carbonyl (C=O) groups excluding carboxylic acids is 1. The molecule has 1 aliphatic rings. The van der Waals surface area contributed by atoms with Gasteiger partial charge < -0.3 is 4.74 Å². The summed E-state index contributed by atoms with van der Waals surface area (Å²) in [5.41, 5.74) is 12.9. The molecule has 0 spiro atoms. The highest BCUT2D eigenvalue weighted by atomic mass is 35.5. The average Bonchev–Trinajstić information content (AvgIpc) is 3.42. The number of amides is 1. The van der Waals surface area contributed by atoms with Crippen molar-refractivity contribution in [2.75, 3.05) is 0 Å². The number of rotatable bonds is 7. The Labute approximate surface area is 215 Å². The maximum absolute atomic E-state index is 12.7. The van der Waals surface area contributed by atoms with E-state index in [1.54, 1.807) is 0 Å². The number of hydrogen-bond acceptors (Lipinski definition) is 5. The minimum atomic E-state index is -0.385. The number of hydrazine groups is 1. The van der Waals surface area contributed by atoms with Crippen LogP contribution in [0.3, 0.4) is 0 Å². The molecule has 1 heterocycles. The molecule has 1 aliphatic heterocycles. The Balaban J connectivity index is 1.14. The van der Waals surface area contributed by atoms with Crippen molar-refractivity contribution in [2.45, 2.75) is 32.0 Å². The summed E-state index contributed by atoms with van der Waals surface area (Å²) in [6.07, 6.45) is 0.612. The van der Waals surface area contributed by atoms with Gasteiger partial charge >= 0.3 is 0 Å². The van der Waals surface area contributed by atoms with E-state index in [2.05, 4.69) is 45.6 Å². The number of hydrazone groups is 1. The Morgan fingerprint density at radius 1 is 0.972 bits per heavy atom. The zero-order chi connectivity index (χ0) is 24.9. The van der Waals surface area contributed by atoms with Gasteiger partial charge in [0.05, 0.1) is 5.71 Å². The van der Waals surface area contributed by atoms with E-state index in [9.17, 15) is 4.79 Å². The summed E-state index contributed by atoms with van der Waals surface area (Å²) in [6.45, 7) is 2.37. The van der Waals surface area contributed by atoms with E-state index in [0.717, 1.165) is 33.5 Å². The normalized spacial score (nSPS) is 17.8. The lowest BCUT2D eigenvalue weighted by Crippen LogP contribution is -2.41. The zero-order valence-electron chi connectivity index (χ0n) is 19.9. The second-order valence-corrected chi connectivity index (χ2v) is 9.29. The summed E-state index contributed by atoms with van der Waals surface area (Å²) in [6, 6.07) is 29.5. The fraction of sp³-hybridized carbons (Fsp3) is 0.172. The lowest BCUT2D eigenvalue weighted by atomic mass is 10.0. The van der Waals surface area contributed by atoms with Crippen LogP contribution in [0.25, 0.3) is 10.8 Å². The third kappa shape index (κ3) is 5.74. The van der Waals surface area contributed by atoms with Crippen molar-refractivity contribution >= 4 is 34.0 Å². The summed E-state index contributed by atoms with van der Waals surface area (Å²) in [5.74, 6) is 0.612. The summed E-state index contributed by atoms with van der Waals surface area (Å²) < 4.78 is 5.87. The number of nitrogens with zero attached hydrogens (tertiary/aromatic N) is 1. The van der Waals surface area contributed by atoms with Crippen LogP contribution in [0.2, 0.25) is 5.02 Å². The minimum Gasteiger partial charge on any atom is -0.489 e. The number of fused-ring (bicyclic) bond motifs is 1. The molecule has 1 fully saturated rings. The number of benzene rings is 4. The van der Waals surface area contributed by atoms with Crippen molar-refractivity contribution in [1.29, 1.82) is 0 Å². The number of nitrogens with one attached hydrogen (secondary N) is 3. The predicted molar refractivity (Wildman–Crippen MR) is 144 cm³/mol. The van der Waals surface area contributed by atoms with Gasteiger partial charge in [-0.1, -0.05) is 72.3 Å². The van der Waals surface area contributed by atoms with Gasteiger partial charge in [-0.25, -0.2) is 16.3 Å². The summed E-state index contributed by atoms with van der Waals surface area (Å²) in [4.78, 5) is 12.7. The molecule has 182 valence electrons. The summed E-state index contributed by atoms with van der Waals surface area (Å²) in [5, 5.41) is 7.35. The van der Waals surface area contributed by atoms with E-state index >= 15 is 0 Å². The first kappa shape index (κ1) is 24.0. The maximum Gasteiger partial charge on any atom is 0.258 e. The Morgan fingerprint density at radius 2 is 1.72 bits per heavy atom. The topological polar surface area (TPSA) is 74.8 Å². The minimum absolute atomic E-state index is 0.0108. The van der Waals surface area contributed by atoms with Gasteiger partial charge in [0, 0.05) is 11.1 Å². The highest BCUT2D eigenvalue weighted by molar-refractivity contribution is 6.30. The highest BCUT2D eigenvalue weighted by Gasteiger charge is 2.30. The smallest absolute Gasteiger partial charge is 0.258 e. The summed E-state index contributed by atoms with van der Waals surface area (Å²) in [7, 11) is 0. The quantitative estimate of drug-likeness (QED) is 0.232. The van der Waals surface area contributed by atoms with E-state index in [1.807, 2.05) is 73.7 Å². The van der Waals surface area contributed by atoms with Crippen LogP contribution in [-0.4, -0.2) is 17.7 Å². The molecule has 0 bridgehead atoms. The fourth-order valence-electron chi connectivity index (χ4n) is 4.19. The molecule has 1 saturated heterocycles. The monoisotopic (exact) mass is 498 g/mol. The van der Waals surface area contributed by atoms with Crippen LogP contribution in [0.4, 0.5) is 0 Å². The van der Waals surface area contributed by atoms with Crippen molar-refractivity contribution in [2.24, 2.45) is 5.10 Å². The van der Waals surface area contributed by atoms with Crippen LogP contribution in [0.15, 0.2) is 96.1 Å². The van der Waals surface area contributed by atoms with Gasteiger partial charge in [-0.3, -0.25) is 4.79 Å². The first-order valence-electron chi connectivity index (χ1n) is 11.9. The van der Waals surface area contributed by atoms with Crippen LogP contribution in [0.5, 0.6) is 5.75 Å². The molecule has 5 rings (SSSR count). The first-order valence-corrected chi connectivity index (χ1v) is 12.2. The maximum atomic E-state index is 12.7. The molecule has 36 heavy (non-hydrogen) atoms. The second kappa shape index (κ2) is 10.9. The van der Waals surface area contributed by atoms with Gasteiger partial charge in [-0.05, 0) is 71.1 Å². The number of carbonyl (C=O) groups is 1. The summed E-state index contributed by atoms with van der Waals surface area (Å²) >= 11 is 5.93. The first-order chi connectivity index (χ1) is 17.5. The molecule has 1 amide bonds. The predicted octanol–water partition coefficient (Wildman–Crippen LogP) is 5.52. The van der Waals surface area contributed by atoms with Crippen LogP contribution in [0.1, 0.15) is 36.1 Å². The zero-order valence-corrected chi connectivity index (χ0v) is 20.6. The molecule has 0 aromatic heterocycles. The molecule has 6 nitrogen and oxygen atoms in total. The largest absolute Gasteiger partial charge is 0.489 e. The molecule has 7 heteroatoms. The van der Waals surface area contributed by atoms with Crippen LogP contribution in [-0.2, 0) is 11.4 Å². The van der Waals surface area contributed by atoms with Gasteiger partial charge in [-0.15, -0.1) is 0 Å². The van der Waals surface area contributed by atoms with Crippen molar-refractivity contribution in [3.8, 4) is 5.75 Å². The molecule has 0 aliphatic carbocycles. The molecule has 3 N–H and O–H groups in total. The van der Waals surface area contributed by atoms with Crippen molar-refractivity contribution in [3.63, 3.8) is 0 Å². The van der Waals surface area contributed by atoms with Gasteiger partial charge in [0.25, 0.3) is 5.91 Å². The fourth-order valence-corrected chi connectivity index (χ4v) is 4.31. The van der Waals surface area contributed by atoms with Crippen LogP contribution < -0.4 is 21.0 Å². The molecule has 0 saturated carbocycles. The van der Waals surface area contributed by atoms with E-state index < -0.39 is 0 Å². The number of halogens is 1. The van der Waals surface area contributed by atoms with Crippen molar-refractivity contribution < 1.29 is 9.53 Å². The Morgan fingerprint density at radius 3 is 2.50 bits per heavy atom. The van der Waals surface area contributed by atoms with Gasteiger partial charge in [0.15, 0.2) is 0 Å². The molecule has 4 aromatic carbocycles. The van der Waals surface area contributed by atoms with Crippen molar-refractivity contribution in [3.05, 3.63) is 113 Å². The molecule has 4 aromatic rings. The van der Waals surface area contributed by atoms with Gasteiger partial charge in [-0.2, -0.15) is 5.10 Å². The lowest BCUT2D eigenvalue weighted by Gasteiger charge is -2.11. The lowest BCUT2D eigenvalue weighted by molar-refractivity contribution is -0.122. The van der Waals surface area contributed by atoms with E-state index in [4.69, 9.17) is 16.3 Å². The molecule has 0 radical (unpaired) electrons. The Kier molecular flexibility index (Phi) is 7.28. The van der Waals surface area contributed by atoms with Crippen LogP contribution in [0, 0.1) is 0 Å². The Hall–Kier alpha value is -3.71. The van der Waals surface area contributed by atoms with Gasteiger partial charge in [0.1, 0.15) is 18.4 Å². The third-order valence-corrected chi connectivity index (χ3v) is 6.57. The van der Waals surface area contributed by atoms with E-state index in [-0.39, 0.29) is 18.0 Å². The van der Waals surface area contributed by atoms with E-state index in [0.29, 0.717) is 18.1 Å². The van der Waals surface area contributed by atoms with Crippen molar-refractivity contribution in [1.82, 2.24) is 16.3 Å². The van der Waals surface area contributed by atoms with E-state index in [1.165, 1.54) is 5.39 Å².